The van der Waals surface area contributed by atoms with Gasteiger partial charge in [0.1, 0.15) is 5.75 Å². The van der Waals surface area contributed by atoms with Crippen LogP contribution in [0.25, 0.3) is 0 Å². The maximum absolute atomic E-state index is 10.1. The fourth-order valence-corrected chi connectivity index (χ4v) is 2.68. The minimum absolute atomic E-state index is 0.462. The van der Waals surface area contributed by atoms with E-state index in [1.807, 2.05) is 25.1 Å². The van der Waals surface area contributed by atoms with Gasteiger partial charge in [-0.2, -0.15) is 0 Å². The van der Waals surface area contributed by atoms with Gasteiger partial charge in [0.2, 0.25) is 0 Å². The monoisotopic (exact) mass is 248 g/mol. The molecule has 1 unspecified atom stereocenters. The van der Waals surface area contributed by atoms with Gasteiger partial charge in [-0.3, -0.25) is 4.90 Å². The smallest absolute Gasteiger partial charge is 0.122 e. The van der Waals surface area contributed by atoms with Crippen LogP contribution in [0, 0.1) is 6.92 Å². The van der Waals surface area contributed by atoms with E-state index in [9.17, 15) is 5.11 Å². The Morgan fingerprint density at radius 1 is 1.33 bits per heavy atom. The first-order chi connectivity index (χ1) is 8.61. The van der Waals surface area contributed by atoms with Crippen molar-refractivity contribution in [2.45, 2.75) is 32.9 Å². The number of likely N-dealkylation sites (N-methyl/N-ethyl adjacent to an activating group) is 1. The van der Waals surface area contributed by atoms with E-state index in [-0.39, 0.29) is 0 Å². The van der Waals surface area contributed by atoms with Gasteiger partial charge in [0.25, 0.3) is 0 Å². The number of benzene rings is 1. The van der Waals surface area contributed by atoms with Crippen LogP contribution in [0.3, 0.4) is 0 Å². The number of nitrogens with zero attached hydrogens (tertiary/aromatic N) is 2. The lowest BCUT2D eigenvalue weighted by Gasteiger charge is -2.39. The summed E-state index contributed by atoms with van der Waals surface area (Å²) in [6, 6.07) is 6.66. The molecule has 0 saturated carbocycles. The van der Waals surface area contributed by atoms with Crippen molar-refractivity contribution in [2.24, 2.45) is 0 Å². The Morgan fingerprint density at radius 3 is 2.83 bits per heavy atom. The van der Waals surface area contributed by atoms with Crippen molar-refractivity contribution in [2.75, 3.05) is 26.7 Å². The molecule has 0 amide bonds. The third-order valence-electron chi connectivity index (χ3n) is 4.05. The fraction of sp³-hybridized carbons (Fsp3) is 0.600. The molecule has 1 aliphatic rings. The number of phenolic OH excluding ortho intramolecular Hbond substituents is 1. The summed E-state index contributed by atoms with van der Waals surface area (Å²) in [5.74, 6) is 0.462. The van der Waals surface area contributed by atoms with Gasteiger partial charge in [-0.1, -0.05) is 25.1 Å². The van der Waals surface area contributed by atoms with Crippen molar-refractivity contribution < 1.29 is 5.11 Å². The van der Waals surface area contributed by atoms with E-state index in [0.717, 1.165) is 37.3 Å². The van der Waals surface area contributed by atoms with Crippen molar-refractivity contribution in [3.05, 3.63) is 29.3 Å². The molecule has 0 radical (unpaired) electrons. The first kappa shape index (κ1) is 13.4. The third-order valence-corrected chi connectivity index (χ3v) is 4.05. The first-order valence-corrected chi connectivity index (χ1v) is 6.82. The standard InChI is InChI=1S/C15H24N2O/c1-4-14-11-17(9-8-16(14)3)10-13-7-5-6-12(2)15(13)18/h5-7,14,18H,4,8-11H2,1-3H3. The minimum atomic E-state index is 0.462. The maximum Gasteiger partial charge on any atom is 0.122 e. The highest BCUT2D eigenvalue weighted by atomic mass is 16.3. The molecule has 1 aromatic rings. The highest BCUT2D eigenvalue weighted by molar-refractivity contribution is 5.39. The summed E-state index contributed by atoms with van der Waals surface area (Å²) < 4.78 is 0. The molecule has 2 rings (SSSR count). The molecule has 0 bridgehead atoms. The summed E-state index contributed by atoms with van der Waals surface area (Å²) in [5, 5.41) is 10.1. The maximum atomic E-state index is 10.1. The number of hydrogen-bond acceptors (Lipinski definition) is 3. The second-order valence-corrected chi connectivity index (χ2v) is 5.36. The van der Waals surface area contributed by atoms with Crippen LogP contribution in [0.15, 0.2) is 18.2 Å². The summed E-state index contributed by atoms with van der Waals surface area (Å²) in [7, 11) is 2.20. The SMILES string of the molecule is CCC1CN(Cc2cccc(C)c2O)CCN1C. The molecule has 0 aliphatic carbocycles. The van der Waals surface area contributed by atoms with E-state index in [0.29, 0.717) is 11.8 Å². The van der Waals surface area contributed by atoms with Crippen molar-refractivity contribution in [3.63, 3.8) is 0 Å². The summed E-state index contributed by atoms with van der Waals surface area (Å²) in [5.41, 5.74) is 2.02. The summed E-state index contributed by atoms with van der Waals surface area (Å²) in [6.07, 6.45) is 1.19. The molecule has 1 N–H and O–H groups in total. The topological polar surface area (TPSA) is 26.7 Å². The second-order valence-electron chi connectivity index (χ2n) is 5.36. The Balaban J connectivity index is 2.03. The third kappa shape index (κ3) is 2.85. The molecule has 3 nitrogen and oxygen atoms in total. The lowest BCUT2D eigenvalue weighted by molar-refractivity contribution is 0.0878. The summed E-state index contributed by atoms with van der Waals surface area (Å²) in [4.78, 5) is 4.88. The van der Waals surface area contributed by atoms with Crippen LogP contribution < -0.4 is 0 Å². The zero-order valence-corrected chi connectivity index (χ0v) is 11.7. The molecule has 1 saturated heterocycles. The van der Waals surface area contributed by atoms with Crippen LogP contribution in [0.1, 0.15) is 24.5 Å². The van der Waals surface area contributed by atoms with Gasteiger partial charge in [-0.15, -0.1) is 0 Å². The normalized spacial score (nSPS) is 22.3. The zero-order chi connectivity index (χ0) is 13.1. The van der Waals surface area contributed by atoms with Crippen molar-refractivity contribution in [3.8, 4) is 5.75 Å². The molecular formula is C15H24N2O. The Kier molecular flexibility index (Phi) is 4.25. The van der Waals surface area contributed by atoms with Crippen LogP contribution in [-0.2, 0) is 6.54 Å². The predicted octanol–water partition coefficient (Wildman–Crippen LogP) is 2.23. The van der Waals surface area contributed by atoms with Gasteiger partial charge >= 0.3 is 0 Å². The summed E-state index contributed by atoms with van der Waals surface area (Å²) in [6.45, 7) is 8.36. The molecule has 0 aromatic heterocycles. The molecule has 1 aliphatic heterocycles. The summed E-state index contributed by atoms with van der Waals surface area (Å²) >= 11 is 0. The molecule has 100 valence electrons. The van der Waals surface area contributed by atoms with Gasteiger partial charge in [0, 0.05) is 37.8 Å². The quantitative estimate of drug-likeness (QED) is 0.888. The zero-order valence-electron chi connectivity index (χ0n) is 11.7. The van der Waals surface area contributed by atoms with Crippen molar-refractivity contribution >= 4 is 0 Å². The van der Waals surface area contributed by atoms with Gasteiger partial charge < -0.3 is 10.0 Å². The van der Waals surface area contributed by atoms with Gasteiger partial charge in [-0.05, 0) is 26.0 Å². The molecule has 0 spiro atoms. The predicted molar refractivity (Wildman–Crippen MR) is 74.8 cm³/mol. The first-order valence-electron chi connectivity index (χ1n) is 6.82. The van der Waals surface area contributed by atoms with Crippen LogP contribution >= 0.6 is 0 Å². The fourth-order valence-electron chi connectivity index (χ4n) is 2.68. The largest absolute Gasteiger partial charge is 0.507 e. The lowest BCUT2D eigenvalue weighted by Crippen LogP contribution is -2.50. The number of rotatable bonds is 3. The van der Waals surface area contributed by atoms with Crippen molar-refractivity contribution in [1.29, 1.82) is 0 Å². The number of hydrogen-bond donors (Lipinski definition) is 1. The Morgan fingerprint density at radius 2 is 2.11 bits per heavy atom. The average molecular weight is 248 g/mol. The Bertz CT molecular complexity index is 405. The molecule has 1 fully saturated rings. The number of piperazine rings is 1. The number of aromatic hydroxyl groups is 1. The molecular weight excluding hydrogens is 224 g/mol. The van der Waals surface area contributed by atoms with Crippen LogP contribution in [0.2, 0.25) is 0 Å². The van der Waals surface area contributed by atoms with Gasteiger partial charge in [0.15, 0.2) is 0 Å². The highest BCUT2D eigenvalue weighted by Crippen LogP contribution is 2.24. The van der Waals surface area contributed by atoms with Gasteiger partial charge in [-0.25, -0.2) is 0 Å². The molecule has 1 heterocycles. The Hall–Kier alpha value is -1.06. The number of phenols is 1. The Labute approximate surface area is 110 Å². The second kappa shape index (κ2) is 5.72. The van der Waals surface area contributed by atoms with Crippen LogP contribution in [-0.4, -0.2) is 47.6 Å². The molecule has 18 heavy (non-hydrogen) atoms. The number of para-hydroxylation sites is 1. The van der Waals surface area contributed by atoms with E-state index in [4.69, 9.17) is 0 Å². The van der Waals surface area contributed by atoms with E-state index in [1.54, 1.807) is 0 Å². The average Bonchev–Trinajstić information content (AvgIpc) is 2.37. The van der Waals surface area contributed by atoms with E-state index < -0.39 is 0 Å². The molecule has 1 atom stereocenters. The van der Waals surface area contributed by atoms with Crippen molar-refractivity contribution in [1.82, 2.24) is 9.80 Å². The van der Waals surface area contributed by atoms with E-state index >= 15 is 0 Å². The molecule has 3 heteroatoms. The highest BCUT2D eigenvalue weighted by Gasteiger charge is 2.23. The lowest BCUT2D eigenvalue weighted by atomic mass is 10.1. The van der Waals surface area contributed by atoms with Gasteiger partial charge in [0.05, 0.1) is 0 Å². The minimum Gasteiger partial charge on any atom is -0.507 e. The van der Waals surface area contributed by atoms with E-state index in [2.05, 4.69) is 23.8 Å². The van der Waals surface area contributed by atoms with Crippen LogP contribution in [0.4, 0.5) is 0 Å². The molecule has 1 aromatic carbocycles. The van der Waals surface area contributed by atoms with E-state index in [1.165, 1.54) is 6.42 Å². The number of aryl methyl sites for hydroxylation is 1. The van der Waals surface area contributed by atoms with Crippen LogP contribution in [0.5, 0.6) is 5.75 Å².